The van der Waals surface area contributed by atoms with E-state index in [1.807, 2.05) is 36.4 Å². The molecule has 0 spiro atoms. The topological polar surface area (TPSA) is 102 Å². The number of imidazole rings is 1. The van der Waals surface area contributed by atoms with Crippen molar-refractivity contribution < 1.29 is 9.90 Å². The number of rotatable bonds is 6. The average Bonchev–Trinajstić information content (AvgIpc) is 3.01. The van der Waals surface area contributed by atoms with E-state index < -0.39 is 6.10 Å². The molecule has 4 aromatic rings. The van der Waals surface area contributed by atoms with Crippen LogP contribution in [0.4, 0.5) is 11.4 Å². The predicted molar refractivity (Wildman–Crippen MR) is 122 cm³/mol. The van der Waals surface area contributed by atoms with Crippen LogP contribution in [-0.4, -0.2) is 26.3 Å². The SMILES string of the molecule is CC(O)Cn1c(=O)n(Cc2ccc(C(=O)Nc3ccccc3N)cc2)c2ccccc21. The fraction of sp³-hybridized carbons (Fsp3) is 0.167. The number of nitrogen functional groups attached to an aromatic ring is 1. The van der Waals surface area contributed by atoms with Gasteiger partial charge in [0, 0.05) is 5.56 Å². The Kier molecular flexibility index (Phi) is 5.60. The Morgan fingerprint density at radius 1 is 0.968 bits per heavy atom. The lowest BCUT2D eigenvalue weighted by Crippen LogP contribution is -2.28. The highest BCUT2D eigenvalue weighted by Gasteiger charge is 2.15. The molecule has 0 saturated heterocycles. The highest BCUT2D eigenvalue weighted by molar-refractivity contribution is 6.05. The number of amides is 1. The summed E-state index contributed by atoms with van der Waals surface area (Å²) in [7, 11) is 0. The highest BCUT2D eigenvalue weighted by Crippen LogP contribution is 2.19. The van der Waals surface area contributed by atoms with Gasteiger partial charge in [-0.15, -0.1) is 0 Å². The van der Waals surface area contributed by atoms with E-state index >= 15 is 0 Å². The van der Waals surface area contributed by atoms with E-state index in [-0.39, 0.29) is 18.1 Å². The molecule has 4 rings (SSSR count). The van der Waals surface area contributed by atoms with Crippen molar-refractivity contribution in [1.29, 1.82) is 0 Å². The van der Waals surface area contributed by atoms with Crippen LogP contribution < -0.4 is 16.7 Å². The molecular weight excluding hydrogens is 392 g/mol. The second-order valence-electron chi connectivity index (χ2n) is 7.56. The minimum absolute atomic E-state index is 0.177. The molecule has 7 heteroatoms. The van der Waals surface area contributed by atoms with Gasteiger partial charge in [0.25, 0.3) is 5.91 Å². The van der Waals surface area contributed by atoms with Crippen LogP contribution in [0.25, 0.3) is 11.0 Å². The minimum atomic E-state index is -0.631. The molecule has 1 unspecified atom stereocenters. The van der Waals surface area contributed by atoms with Gasteiger partial charge in [-0.2, -0.15) is 0 Å². The van der Waals surface area contributed by atoms with Crippen molar-refractivity contribution in [3.05, 3.63) is 94.4 Å². The van der Waals surface area contributed by atoms with E-state index in [0.717, 1.165) is 16.6 Å². The molecule has 0 saturated carbocycles. The Morgan fingerprint density at radius 2 is 1.58 bits per heavy atom. The van der Waals surface area contributed by atoms with Crippen LogP contribution in [0.5, 0.6) is 0 Å². The van der Waals surface area contributed by atoms with Gasteiger partial charge in [-0.25, -0.2) is 4.79 Å². The van der Waals surface area contributed by atoms with Crippen molar-refractivity contribution in [2.75, 3.05) is 11.1 Å². The summed E-state index contributed by atoms with van der Waals surface area (Å²) in [6, 6.07) is 21.7. The zero-order chi connectivity index (χ0) is 22.0. The molecule has 1 aromatic heterocycles. The molecule has 0 radical (unpaired) electrons. The molecule has 158 valence electrons. The van der Waals surface area contributed by atoms with Crippen molar-refractivity contribution >= 4 is 28.3 Å². The van der Waals surface area contributed by atoms with E-state index in [9.17, 15) is 14.7 Å². The number of benzene rings is 3. The summed E-state index contributed by atoms with van der Waals surface area (Å²) >= 11 is 0. The molecule has 0 aliphatic carbocycles. The van der Waals surface area contributed by atoms with Crippen molar-refractivity contribution in [1.82, 2.24) is 9.13 Å². The number of hydrogen-bond acceptors (Lipinski definition) is 4. The highest BCUT2D eigenvalue weighted by atomic mass is 16.3. The van der Waals surface area contributed by atoms with Gasteiger partial charge in [-0.05, 0) is 48.9 Å². The summed E-state index contributed by atoms with van der Waals surface area (Å²) in [4.78, 5) is 25.5. The van der Waals surface area contributed by atoms with Gasteiger partial charge in [0.15, 0.2) is 0 Å². The summed E-state index contributed by atoms with van der Waals surface area (Å²) in [6.07, 6.45) is -0.631. The fourth-order valence-corrected chi connectivity index (χ4v) is 3.62. The van der Waals surface area contributed by atoms with Crippen molar-refractivity contribution in [2.45, 2.75) is 26.1 Å². The molecule has 7 nitrogen and oxygen atoms in total. The molecule has 0 fully saturated rings. The van der Waals surface area contributed by atoms with Gasteiger partial charge in [-0.1, -0.05) is 36.4 Å². The summed E-state index contributed by atoms with van der Waals surface area (Å²) in [5, 5.41) is 12.6. The Morgan fingerprint density at radius 3 is 2.23 bits per heavy atom. The van der Waals surface area contributed by atoms with Gasteiger partial charge >= 0.3 is 5.69 Å². The molecule has 1 atom stereocenters. The van der Waals surface area contributed by atoms with Gasteiger partial charge in [0.1, 0.15) is 0 Å². The third kappa shape index (κ3) is 4.22. The standard InChI is InChI=1S/C24H24N4O3/c1-16(29)14-27-21-8-4-5-9-22(21)28(24(27)31)15-17-10-12-18(13-11-17)23(30)26-20-7-3-2-6-19(20)25/h2-13,16,29H,14-15,25H2,1H3,(H,26,30). The van der Waals surface area contributed by atoms with Crippen LogP contribution in [0.3, 0.4) is 0 Å². The van der Waals surface area contributed by atoms with Crippen LogP contribution in [0, 0.1) is 0 Å². The van der Waals surface area contributed by atoms with Crippen molar-refractivity contribution in [2.24, 2.45) is 0 Å². The minimum Gasteiger partial charge on any atom is -0.397 e. The predicted octanol–water partition coefficient (Wildman–Crippen LogP) is 3.07. The summed E-state index contributed by atoms with van der Waals surface area (Å²) < 4.78 is 3.27. The van der Waals surface area contributed by atoms with Crippen LogP contribution >= 0.6 is 0 Å². The summed E-state index contributed by atoms with van der Waals surface area (Å²) in [5.41, 5.74) is 9.74. The summed E-state index contributed by atoms with van der Waals surface area (Å²) in [6.45, 7) is 2.25. The number of para-hydroxylation sites is 4. The number of carbonyl (C=O) groups is 1. The first-order valence-electron chi connectivity index (χ1n) is 10.0. The van der Waals surface area contributed by atoms with Crippen molar-refractivity contribution in [3.63, 3.8) is 0 Å². The Bertz CT molecular complexity index is 1290. The monoisotopic (exact) mass is 416 g/mol. The van der Waals surface area contributed by atoms with E-state index in [0.29, 0.717) is 23.5 Å². The van der Waals surface area contributed by atoms with E-state index in [2.05, 4.69) is 5.32 Å². The third-order valence-electron chi connectivity index (χ3n) is 5.14. The Balaban J connectivity index is 1.58. The molecule has 0 aliphatic rings. The van der Waals surface area contributed by atoms with Gasteiger partial charge in [0.2, 0.25) is 0 Å². The average molecular weight is 416 g/mol. The van der Waals surface area contributed by atoms with Crippen LogP contribution in [0.1, 0.15) is 22.8 Å². The molecular formula is C24H24N4O3. The molecule has 3 aromatic carbocycles. The normalized spacial score (nSPS) is 12.1. The molecule has 0 bridgehead atoms. The van der Waals surface area contributed by atoms with Crippen molar-refractivity contribution in [3.8, 4) is 0 Å². The maximum atomic E-state index is 13.0. The molecule has 31 heavy (non-hydrogen) atoms. The molecule has 1 heterocycles. The zero-order valence-electron chi connectivity index (χ0n) is 17.2. The first-order valence-corrected chi connectivity index (χ1v) is 10.0. The number of nitrogens with zero attached hydrogens (tertiary/aromatic N) is 2. The van der Waals surface area contributed by atoms with Gasteiger partial charge in [-0.3, -0.25) is 13.9 Å². The molecule has 1 amide bonds. The quantitative estimate of drug-likeness (QED) is 0.420. The molecule has 4 N–H and O–H groups in total. The zero-order valence-corrected chi connectivity index (χ0v) is 17.2. The Hall–Kier alpha value is -3.84. The number of hydrogen-bond donors (Lipinski definition) is 3. The van der Waals surface area contributed by atoms with Gasteiger partial charge < -0.3 is 16.2 Å². The number of fused-ring (bicyclic) bond motifs is 1. The van der Waals surface area contributed by atoms with E-state index in [4.69, 9.17) is 5.73 Å². The lowest BCUT2D eigenvalue weighted by Gasteiger charge is -2.09. The number of carbonyl (C=O) groups excluding carboxylic acids is 1. The number of anilines is 2. The summed E-state index contributed by atoms with van der Waals surface area (Å²) in [5.74, 6) is -0.254. The maximum Gasteiger partial charge on any atom is 0.329 e. The largest absolute Gasteiger partial charge is 0.397 e. The number of nitrogens with two attached hydrogens (primary N) is 1. The third-order valence-corrected chi connectivity index (χ3v) is 5.14. The van der Waals surface area contributed by atoms with E-state index in [1.54, 1.807) is 52.5 Å². The Labute approximate surface area is 179 Å². The second-order valence-corrected chi connectivity index (χ2v) is 7.56. The smallest absolute Gasteiger partial charge is 0.329 e. The fourth-order valence-electron chi connectivity index (χ4n) is 3.62. The number of aliphatic hydroxyl groups excluding tert-OH is 1. The number of aliphatic hydroxyl groups is 1. The first kappa shape index (κ1) is 20.4. The van der Waals surface area contributed by atoms with Gasteiger partial charge in [0.05, 0.1) is 41.6 Å². The first-order chi connectivity index (χ1) is 14.9. The second kappa shape index (κ2) is 8.49. The van der Waals surface area contributed by atoms with E-state index in [1.165, 1.54) is 0 Å². The maximum absolute atomic E-state index is 13.0. The number of nitrogens with one attached hydrogen (secondary N) is 1. The van der Waals surface area contributed by atoms with Crippen LogP contribution in [0.2, 0.25) is 0 Å². The lowest BCUT2D eigenvalue weighted by molar-refractivity contribution is 0.102. The number of aromatic nitrogens is 2. The lowest BCUT2D eigenvalue weighted by atomic mass is 10.1. The van der Waals surface area contributed by atoms with Crippen LogP contribution in [-0.2, 0) is 13.1 Å². The van der Waals surface area contributed by atoms with Crippen LogP contribution in [0.15, 0.2) is 77.6 Å². The molecule has 0 aliphatic heterocycles.